The molecule has 0 bridgehead atoms. The number of benzene rings is 6. The monoisotopic (exact) mass is 2170 g/mol. The number of fused-ring (bicyclic) bond motifs is 9. The first-order chi connectivity index (χ1) is 60.5. The second-order valence-electron chi connectivity index (χ2n) is 29.0. The highest BCUT2D eigenvalue weighted by atomic mass is 127. The molecule has 127 heavy (non-hydrogen) atoms. The number of carbonyl (C=O) groups is 3. The number of ether oxygens (including phenoxy) is 3. The van der Waals surface area contributed by atoms with Crippen molar-refractivity contribution in [1.29, 1.82) is 0 Å². The minimum absolute atomic E-state index is 0.0202. The third kappa shape index (κ3) is 29.4. The van der Waals surface area contributed by atoms with Gasteiger partial charge < -0.3 is 89.4 Å². The average molecular weight is 2170 g/mol. The molecule has 3 amide bonds. The Morgan fingerprint density at radius 3 is 1.03 bits per heavy atom. The molecule has 46 heteroatoms. The molecule has 684 valence electrons. The summed E-state index contributed by atoms with van der Waals surface area (Å²) >= 11 is 6.01. The fourth-order valence-electron chi connectivity index (χ4n) is 13.8. The number of nitrogen functional groups attached to an aromatic ring is 3. The van der Waals surface area contributed by atoms with E-state index >= 15 is 0 Å². The number of hydrogen-bond acceptors (Lipinski definition) is 25. The van der Waals surface area contributed by atoms with E-state index in [2.05, 4.69) is 44.7 Å². The number of nitrogens with one attached hydrogen (secondary N) is 3. The van der Waals surface area contributed by atoms with E-state index in [9.17, 15) is 82.0 Å². The Balaban J connectivity index is 0.000000199. The number of nitrogens with two attached hydrogens (primary N) is 3. The number of carbonyl (C=O) groups excluding carboxylic acids is 3. The third-order valence-electron chi connectivity index (χ3n) is 19.5. The van der Waals surface area contributed by atoms with Crippen LogP contribution < -0.4 is 51.2 Å². The maximum Gasteiger partial charge on any atom is 0.524 e. The van der Waals surface area contributed by atoms with Crippen LogP contribution in [0.4, 0.5) is 17.5 Å². The van der Waals surface area contributed by atoms with Gasteiger partial charge in [-0.05, 0) is 128 Å². The van der Waals surface area contributed by atoms with E-state index < -0.39 is 31.3 Å². The number of nitrogens with zero attached hydrogens (tertiary/aromatic N) is 9. The summed E-state index contributed by atoms with van der Waals surface area (Å²) in [5.41, 5.74) is 28.7. The second-order valence-corrected chi connectivity index (χ2v) is 36.0. The van der Waals surface area contributed by atoms with E-state index in [1.165, 1.54) is 48.5 Å². The summed E-state index contributed by atoms with van der Waals surface area (Å²) < 4.78 is 89.5. The Kier molecular flexibility index (Phi) is 36.9. The van der Waals surface area contributed by atoms with Gasteiger partial charge in [-0.1, -0.05) is 144 Å². The summed E-state index contributed by atoms with van der Waals surface area (Å²) in [5, 5.41) is 31.4. The van der Waals surface area contributed by atoms with Crippen LogP contribution in [0.1, 0.15) is 110 Å². The van der Waals surface area contributed by atoms with E-state index in [0.717, 1.165) is 100 Å². The lowest BCUT2D eigenvalue weighted by atomic mass is 10.1. The number of phosphoric ester groups is 4. The van der Waals surface area contributed by atoms with Crippen LogP contribution in [-0.2, 0) is 105 Å². The van der Waals surface area contributed by atoms with Crippen LogP contribution in [0.15, 0.2) is 109 Å². The summed E-state index contributed by atoms with van der Waals surface area (Å²) in [6.07, 6.45) is 9.03. The Morgan fingerprint density at radius 1 is 0.386 bits per heavy atom. The van der Waals surface area contributed by atoms with Crippen LogP contribution >= 0.6 is 99.1 Å². The summed E-state index contributed by atoms with van der Waals surface area (Å²) in [4.78, 5) is 137. The van der Waals surface area contributed by atoms with Crippen LogP contribution in [0.2, 0.25) is 0 Å². The van der Waals surface area contributed by atoms with Gasteiger partial charge in [0.2, 0.25) is 17.7 Å². The van der Waals surface area contributed by atoms with Gasteiger partial charge in [0.05, 0.1) is 106 Å². The molecular weight excluding hydrogens is 2070 g/mol. The summed E-state index contributed by atoms with van der Waals surface area (Å²) in [6, 6.07) is 29.2. The number of pyridine rings is 3. The van der Waals surface area contributed by atoms with Crippen LogP contribution in [0.3, 0.4) is 0 Å². The molecule has 0 atom stereocenters. The molecule has 6 heterocycles. The summed E-state index contributed by atoms with van der Waals surface area (Å²) in [7, 11) is -19.5. The quantitative estimate of drug-likeness (QED) is 0.00730. The van der Waals surface area contributed by atoms with Crippen LogP contribution in [0, 0.1) is 0 Å². The first-order valence-electron chi connectivity index (χ1n) is 40.2. The molecule has 19 N–H and O–H groups in total. The number of phenols is 2. The highest BCUT2D eigenvalue weighted by Crippen LogP contribution is 2.46. The molecule has 39 nitrogen and oxygen atoms in total. The van der Waals surface area contributed by atoms with Crippen molar-refractivity contribution in [2.75, 3.05) is 89.8 Å². The molecule has 0 saturated carbocycles. The number of amides is 3. The lowest BCUT2D eigenvalue weighted by Gasteiger charge is -2.17. The number of aromatic nitrogens is 9. The number of phenolic OH excluding ortho intramolecular Hbond substituents is 2. The van der Waals surface area contributed by atoms with Crippen molar-refractivity contribution in [2.45, 2.75) is 117 Å². The molecule has 12 aromatic rings. The molecule has 0 aliphatic heterocycles. The number of rotatable bonds is 44. The van der Waals surface area contributed by atoms with Crippen molar-refractivity contribution in [2.24, 2.45) is 0 Å². The molecule has 0 aliphatic rings. The lowest BCUT2D eigenvalue weighted by Crippen LogP contribution is -2.28. The van der Waals surface area contributed by atoms with Gasteiger partial charge in [-0.15, -0.1) is 0 Å². The number of aromatic hydroxyl groups is 2. The summed E-state index contributed by atoms with van der Waals surface area (Å²) in [6.45, 7) is 10.4. The van der Waals surface area contributed by atoms with Crippen molar-refractivity contribution in [1.82, 2.24) is 59.6 Å². The molecule has 0 unspecified atom stereocenters. The smallest absolute Gasteiger partial charge is 0.508 e. The van der Waals surface area contributed by atoms with Gasteiger partial charge in [-0.25, -0.2) is 48.2 Å². The Bertz CT molecular complexity index is 6110. The predicted molar refractivity (Wildman–Crippen MR) is 504 cm³/mol. The lowest BCUT2D eigenvalue weighted by molar-refractivity contribution is -0.119. The Morgan fingerprint density at radius 2 is 0.701 bits per heavy atom. The molecule has 0 radical (unpaired) electrons. The number of unbranched alkanes of at least 4 members (excludes halogenated alkanes) is 3. The highest BCUT2D eigenvalue weighted by Gasteiger charge is 2.28. The van der Waals surface area contributed by atoms with Gasteiger partial charge >= 0.3 is 31.3 Å². The van der Waals surface area contributed by atoms with Crippen molar-refractivity contribution in [3.05, 3.63) is 160 Å². The highest BCUT2D eigenvalue weighted by molar-refractivity contribution is 14.1. The molecule has 6 aromatic heterocycles. The van der Waals surface area contributed by atoms with E-state index in [0.29, 0.717) is 167 Å². The Hall–Kier alpha value is -8.76. The van der Waals surface area contributed by atoms with Gasteiger partial charge in [-0.2, -0.15) is 0 Å². The van der Waals surface area contributed by atoms with Crippen LogP contribution in [0.25, 0.3) is 65.8 Å². The van der Waals surface area contributed by atoms with E-state index in [1.807, 2.05) is 143 Å². The maximum atomic E-state index is 11.8. The minimum atomic E-state index is -4.99. The van der Waals surface area contributed by atoms with Gasteiger partial charge in [0.15, 0.2) is 17.5 Å². The van der Waals surface area contributed by atoms with Gasteiger partial charge in [0, 0.05) is 71.7 Å². The van der Waals surface area contributed by atoms with Crippen molar-refractivity contribution in [3.63, 3.8) is 0 Å². The molecule has 12 rings (SSSR count). The SMILES string of the molecule is CCCCc1nc2c(N)nc3cc(CCOCCNC(=O)CI)ccc3c2n1Cc1cc(O)ccc1OP(=O)(O)O.CCCCc1nc2c(N)nc3cc(CCOCCNC(=O)CI)ccc3c2n1Cc1cc(OP(=O)(O)O)ccc1O.CCCCc1nc2c(N)nc3cc(CCOCCNC(=O)CI)ccc3c2n1Cc1cc(OP(=O)(O)O)ccc1OP(=O)(O)O. The molecule has 0 fully saturated rings. The van der Waals surface area contributed by atoms with E-state index in [-0.39, 0.29) is 94.9 Å². The molecule has 0 saturated heterocycles. The number of phosphoric acid groups is 4. The average Bonchev–Trinajstić information content (AvgIpc) is 1.62. The number of aryl methyl sites for hydroxylation is 3. The zero-order valence-electron chi connectivity index (χ0n) is 69.4. The number of hydrogen-bond donors (Lipinski definition) is 16. The van der Waals surface area contributed by atoms with Crippen molar-refractivity contribution >= 4 is 200 Å². The predicted octanol–water partition coefficient (Wildman–Crippen LogP) is 11.3. The fourth-order valence-corrected chi connectivity index (χ4v) is 16.2. The van der Waals surface area contributed by atoms with E-state index in [1.54, 1.807) is 0 Å². The van der Waals surface area contributed by atoms with E-state index in [4.69, 9.17) is 64.5 Å². The number of imidazole rings is 3. The molecule has 0 spiro atoms. The Labute approximate surface area is 769 Å². The first kappa shape index (κ1) is 100. The van der Waals surface area contributed by atoms with Gasteiger partial charge in [-0.3, -0.25) is 53.5 Å². The topological polar surface area (TPSA) is 593 Å². The molecular formula is C81H100I3N15O24P4. The number of anilines is 3. The minimum Gasteiger partial charge on any atom is -0.508 e. The van der Waals surface area contributed by atoms with Crippen molar-refractivity contribution in [3.8, 4) is 34.5 Å². The standard InChI is InChI=1S/C27H34IN5O10P2.2C27H33IN5O7P/c1-2-3-4-23-32-25-26(33(23)16-18-14-19(42-44(35,36)37)6-8-22(18)43-45(38,39)40)20-7-5-17(13-21(20)31-27(25)29)9-11-41-12-10-30-24(34)15-28;1-2-3-4-23-32-25-26(33(23)16-18-14-19(6-8-22(18)34)40-41(36,37)38)20-7-5-17(13-21(20)31-27(25)29)9-11-39-12-10-30-24(35)15-28;1-2-3-4-23-32-25-26(33(23)16-18-14-19(34)6-8-22(18)40-41(36,37)38)20-7-5-17(13-21(20)31-27(25)29)9-11-39-12-10-30-24(35)15-28/h5-8,13-14H,2-4,9-12,15-16H2,1H3,(H2,29,31)(H,30,34)(H2,35,36,37)(H2,38,39,40);2*5-8,13-14,34H,2-4,9-12,15-16H2,1H3,(H2,29,31)(H,30,35)(H2,36,37,38). The van der Waals surface area contributed by atoms with Crippen LogP contribution in [0.5, 0.6) is 34.5 Å². The zero-order valence-corrected chi connectivity index (χ0v) is 79.4. The van der Waals surface area contributed by atoms with Crippen molar-refractivity contribution < 1.29 is 114 Å². The largest absolute Gasteiger partial charge is 0.524 e. The zero-order chi connectivity index (χ0) is 91.9. The first-order valence-corrected chi connectivity index (χ1v) is 50.9. The van der Waals surface area contributed by atoms with Crippen LogP contribution in [-0.4, -0.2) is 183 Å². The van der Waals surface area contributed by atoms with Gasteiger partial charge in [0.25, 0.3) is 0 Å². The van der Waals surface area contributed by atoms with Gasteiger partial charge in [0.1, 0.15) is 68.5 Å². The molecule has 6 aromatic carbocycles. The number of alkyl halides is 3. The third-order valence-corrected chi connectivity index (χ3v) is 23.3. The number of halogens is 3. The second kappa shape index (κ2) is 46.7. The molecule has 0 aliphatic carbocycles. The fraction of sp³-hybridized carbons (Fsp3) is 0.370. The summed E-state index contributed by atoms with van der Waals surface area (Å²) in [5.74, 6) is 2.14. The maximum absolute atomic E-state index is 11.8. The normalized spacial score (nSPS) is 11.9.